The average Bonchev–Trinajstić information content (AvgIpc) is 2.93. The maximum Gasteiger partial charge on any atom is 0.252 e. The summed E-state index contributed by atoms with van der Waals surface area (Å²) in [6, 6.07) is 2.26. The second-order valence-electron chi connectivity index (χ2n) is 5.32. The van der Waals surface area contributed by atoms with Crippen LogP contribution in [0.4, 0.5) is 5.82 Å². The van der Waals surface area contributed by atoms with Crippen molar-refractivity contribution >= 4 is 5.82 Å². The first-order valence-corrected chi connectivity index (χ1v) is 6.86. The van der Waals surface area contributed by atoms with E-state index < -0.39 is 0 Å². The summed E-state index contributed by atoms with van der Waals surface area (Å²) in [5.41, 5.74) is -0.0684. The molecule has 1 aromatic rings. The predicted octanol–water partition coefficient (Wildman–Crippen LogP) is 0.738. The van der Waals surface area contributed by atoms with Gasteiger partial charge in [0.25, 0.3) is 5.56 Å². The number of rotatable bonds is 2. The Morgan fingerprint density at radius 2 is 2.28 bits per heavy atom. The van der Waals surface area contributed by atoms with Crippen molar-refractivity contribution in [2.24, 2.45) is 5.92 Å². The number of nitrogens with one attached hydrogen (secondary N) is 2. The zero-order valence-electron chi connectivity index (χ0n) is 10.6. The maximum atomic E-state index is 11.3. The molecule has 0 amide bonds. The lowest BCUT2D eigenvalue weighted by Gasteiger charge is -2.36. The first-order valence-electron chi connectivity index (χ1n) is 6.86. The molecular weight excluding hydrogens is 228 g/mol. The molecule has 0 aliphatic carbocycles. The molecule has 5 heteroatoms. The van der Waals surface area contributed by atoms with Gasteiger partial charge in [0, 0.05) is 25.2 Å². The van der Waals surface area contributed by atoms with E-state index in [1.807, 2.05) is 0 Å². The van der Waals surface area contributed by atoms with E-state index in [1.165, 1.54) is 32.0 Å². The Labute approximate surface area is 107 Å². The Bertz CT molecular complexity index is 452. The maximum absolute atomic E-state index is 11.3. The number of hydrogen-bond donors (Lipinski definition) is 2. The van der Waals surface area contributed by atoms with Crippen LogP contribution in [-0.4, -0.2) is 35.6 Å². The molecule has 0 saturated carbocycles. The third-order valence-corrected chi connectivity index (χ3v) is 4.11. The highest BCUT2D eigenvalue weighted by Crippen LogP contribution is 2.26. The van der Waals surface area contributed by atoms with Crippen LogP contribution in [0.2, 0.25) is 0 Å². The molecule has 2 aliphatic rings. The molecule has 2 N–H and O–H groups in total. The Balaban J connectivity index is 1.71. The van der Waals surface area contributed by atoms with E-state index in [0.717, 1.165) is 25.5 Å². The van der Waals surface area contributed by atoms with Gasteiger partial charge < -0.3 is 15.2 Å². The molecule has 98 valence electrons. The highest BCUT2D eigenvalue weighted by molar-refractivity contribution is 5.37. The standard InChI is InChI=1S/C13H20N4O/c18-13-7-12(15-9-16-13)17-6-2-3-10(8-17)11-4-1-5-14-11/h7,9-11,14H,1-6,8H2,(H,15,16,18). The molecule has 1 aromatic heterocycles. The number of aromatic nitrogens is 2. The molecule has 0 bridgehead atoms. The number of piperidine rings is 1. The lowest BCUT2D eigenvalue weighted by Crippen LogP contribution is -2.44. The minimum atomic E-state index is -0.0684. The van der Waals surface area contributed by atoms with Gasteiger partial charge in [-0.05, 0) is 38.1 Å². The summed E-state index contributed by atoms with van der Waals surface area (Å²) in [6.07, 6.45) is 6.56. The van der Waals surface area contributed by atoms with Crippen molar-refractivity contribution in [3.63, 3.8) is 0 Å². The van der Waals surface area contributed by atoms with Gasteiger partial charge in [0.1, 0.15) is 5.82 Å². The van der Waals surface area contributed by atoms with Crippen LogP contribution in [0.5, 0.6) is 0 Å². The summed E-state index contributed by atoms with van der Waals surface area (Å²) < 4.78 is 0. The van der Waals surface area contributed by atoms with Gasteiger partial charge in [-0.3, -0.25) is 4.79 Å². The summed E-state index contributed by atoms with van der Waals surface area (Å²) in [5, 5.41) is 3.59. The number of nitrogens with zero attached hydrogens (tertiary/aromatic N) is 2. The second kappa shape index (κ2) is 5.10. The van der Waals surface area contributed by atoms with Gasteiger partial charge in [0.2, 0.25) is 0 Å². The molecule has 2 unspecified atom stereocenters. The van der Waals surface area contributed by atoms with Gasteiger partial charge in [-0.25, -0.2) is 4.98 Å². The fourth-order valence-corrected chi connectivity index (χ4v) is 3.19. The van der Waals surface area contributed by atoms with E-state index in [0.29, 0.717) is 12.0 Å². The van der Waals surface area contributed by atoms with Crippen molar-refractivity contribution < 1.29 is 0 Å². The number of H-pyrrole nitrogens is 1. The van der Waals surface area contributed by atoms with E-state index in [2.05, 4.69) is 20.2 Å². The highest BCUT2D eigenvalue weighted by Gasteiger charge is 2.29. The van der Waals surface area contributed by atoms with E-state index >= 15 is 0 Å². The average molecular weight is 248 g/mol. The fraction of sp³-hybridized carbons (Fsp3) is 0.692. The van der Waals surface area contributed by atoms with Crippen molar-refractivity contribution in [2.75, 3.05) is 24.5 Å². The summed E-state index contributed by atoms with van der Waals surface area (Å²) in [4.78, 5) is 20.4. The third kappa shape index (κ3) is 2.41. The van der Waals surface area contributed by atoms with E-state index in [4.69, 9.17) is 0 Å². The van der Waals surface area contributed by atoms with Crippen LogP contribution < -0.4 is 15.8 Å². The van der Waals surface area contributed by atoms with Gasteiger partial charge >= 0.3 is 0 Å². The number of hydrogen-bond acceptors (Lipinski definition) is 4. The smallest absolute Gasteiger partial charge is 0.252 e. The molecule has 5 nitrogen and oxygen atoms in total. The van der Waals surface area contributed by atoms with Gasteiger partial charge in [0.15, 0.2) is 0 Å². The fourth-order valence-electron chi connectivity index (χ4n) is 3.19. The Kier molecular flexibility index (Phi) is 3.32. The molecule has 18 heavy (non-hydrogen) atoms. The first-order chi connectivity index (χ1) is 8.83. The summed E-state index contributed by atoms with van der Waals surface area (Å²) in [7, 11) is 0. The Morgan fingerprint density at radius 3 is 3.06 bits per heavy atom. The zero-order valence-corrected chi connectivity index (χ0v) is 10.6. The molecule has 3 heterocycles. The lowest BCUT2D eigenvalue weighted by molar-refractivity contribution is 0.328. The topological polar surface area (TPSA) is 61.0 Å². The van der Waals surface area contributed by atoms with Crippen molar-refractivity contribution in [1.82, 2.24) is 15.3 Å². The predicted molar refractivity (Wildman–Crippen MR) is 70.8 cm³/mol. The Hall–Kier alpha value is -1.36. The second-order valence-corrected chi connectivity index (χ2v) is 5.32. The minimum absolute atomic E-state index is 0.0684. The quantitative estimate of drug-likeness (QED) is 0.810. The molecule has 0 radical (unpaired) electrons. The largest absolute Gasteiger partial charge is 0.356 e. The van der Waals surface area contributed by atoms with Crippen LogP contribution in [0.15, 0.2) is 17.2 Å². The molecular formula is C13H20N4O. The van der Waals surface area contributed by atoms with E-state index in [-0.39, 0.29) is 5.56 Å². The van der Waals surface area contributed by atoms with Gasteiger partial charge in [-0.2, -0.15) is 0 Å². The van der Waals surface area contributed by atoms with Crippen LogP contribution in [0.3, 0.4) is 0 Å². The minimum Gasteiger partial charge on any atom is -0.356 e. The number of anilines is 1. The van der Waals surface area contributed by atoms with Gasteiger partial charge in [0.05, 0.1) is 6.33 Å². The molecule has 0 spiro atoms. The monoisotopic (exact) mass is 248 g/mol. The van der Waals surface area contributed by atoms with Crippen LogP contribution >= 0.6 is 0 Å². The van der Waals surface area contributed by atoms with E-state index in [9.17, 15) is 4.79 Å². The van der Waals surface area contributed by atoms with Crippen molar-refractivity contribution in [3.05, 3.63) is 22.7 Å². The third-order valence-electron chi connectivity index (χ3n) is 4.11. The summed E-state index contributed by atoms with van der Waals surface area (Å²) >= 11 is 0. The highest BCUT2D eigenvalue weighted by atomic mass is 16.1. The van der Waals surface area contributed by atoms with Crippen LogP contribution in [0, 0.1) is 5.92 Å². The van der Waals surface area contributed by atoms with Crippen LogP contribution in [-0.2, 0) is 0 Å². The van der Waals surface area contributed by atoms with E-state index in [1.54, 1.807) is 6.07 Å². The van der Waals surface area contributed by atoms with Crippen molar-refractivity contribution in [2.45, 2.75) is 31.7 Å². The molecule has 2 aliphatic heterocycles. The Morgan fingerprint density at radius 1 is 1.33 bits per heavy atom. The molecule has 2 atom stereocenters. The van der Waals surface area contributed by atoms with Crippen molar-refractivity contribution in [3.8, 4) is 0 Å². The SMILES string of the molecule is O=c1cc(N2CCCC(C3CCCN3)C2)nc[nH]1. The van der Waals surface area contributed by atoms with Crippen LogP contribution in [0.1, 0.15) is 25.7 Å². The summed E-state index contributed by atoms with van der Waals surface area (Å²) in [5.74, 6) is 1.52. The normalized spacial score (nSPS) is 28.6. The van der Waals surface area contributed by atoms with Gasteiger partial charge in [-0.15, -0.1) is 0 Å². The van der Waals surface area contributed by atoms with Gasteiger partial charge in [-0.1, -0.05) is 0 Å². The van der Waals surface area contributed by atoms with Crippen molar-refractivity contribution in [1.29, 1.82) is 0 Å². The summed E-state index contributed by atoms with van der Waals surface area (Å²) in [6.45, 7) is 3.19. The molecule has 0 aromatic carbocycles. The number of aromatic amines is 1. The zero-order chi connectivity index (χ0) is 12.4. The van der Waals surface area contributed by atoms with Crippen LogP contribution in [0.25, 0.3) is 0 Å². The lowest BCUT2D eigenvalue weighted by atomic mass is 9.90. The first kappa shape index (κ1) is 11.7. The molecule has 2 saturated heterocycles. The molecule has 2 fully saturated rings. The molecule has 3 rings (SSSR count).